The number of amides is 2. The molecule has 0 aliphatic carbocycles. The lowest BCUT2D eigenvalue weighted by atomic mass is 10.0. The Morgan fingerprint density at radius 2 is 2.04 bits per heavy atom. The highest BCUT2D eigenvalue weighted by Gasteiger charge is 2.30. The number of nitrogens with zero attached hydrogens (tertiary/aromatic N) is 2. The lowest BCUT2D eigenvalue weighted by Crippen LogP contribution is -2.47. The molecule has 3 N–H and O–H groups in total. The summed E-state index contributed by atoms with van der Waals surface area (Å²) in [6, 6.07) is -1.05. The van der Waals surface area contributed by atoms with Crippen molar-refractivity contribution in [3.05, 3.63) is 23.9 Å². The van der Waals surface area contributed by atoms with Crippen LogP contribution in [0.25, 0.3) is 0 Å². The number of carboxylic acid groups (broad SMARTS) is 1. The highest BCUT2D eigenvalue weighted by Crippen LogP contribution is 2.17. The average Bonchev–Trinajstić information content (AvgIpc) is 2.57. The molecule has 0 radical (unpaired) electrons. The maximum absolute atomic E-state index is 12.4. The standard InChI is InChI=1S/C16H22N4O6S/c1-10(2)8-12(16(23)24)18-13(21)9-17-15(22)11-4-3-5-20-6-7-27(25,26)19-14(11)20/h3-5,10,12H,6-9H2,1-2H3,(H,17,22)(H,18,21)(H,23,24)/t12-/m0/s1. The van der Waals surface area contributed by atoms with Gasteiger partial charge in [0.05, 0.1) is 17.9 Å². The van der Waals surface area contributed by atoms with Gasteiger partial charge in [0.1, 0.15) is 6.04 Å². The minimum Gasteiger partial charge on any atom is -0.480 e. The first-order valence-electron chi connectivity index (χ1n) is 8.37. The zero-order valence-electron chi connectivity index (χ0n) is 15.0. The van der Waals surface area contributed by atoms with Crippen molar-refractivity contribution in [1.82, 2.24) is 15.5 Å². The Morgan fingerprint density at radius 3 is 2.67 bits per heavy atom. The van der Waals surface area contributed by atoms with E-state index in [-0.39, 0.29) is 36.0 Å². The van der Waals surface area contributed by atoms with Gasteiger partial charge in [0.25, 0.3) is 15.9 Å². The minimum atomic E-state index is -3.64. The summed E-state index contributed by atoms with van der Waals surface area (Å²) < 4.78 is 27.0. The molecule has 0 fully saturated rings. The van der Waals surface area contributed by atoms with E-state index in [2.05, 4.69) is 15.0 Å². The molecule has 2 heterocycles. The van der Waals surface area contributed by atoms with Gasteiger partial charge in [-0.3, -0.25) is 9.59 Å². The van der Waals surface area contributed by atoms with Crippen molar-refractivity contribution in [2.75, 3.05) is 18.8 Å². The van der Waals surface area contributed by atoms with Crippen molar-refractivity contribution in [2.45, 2.75) is 26.3 Å². The van der Waals surface area contributed by atoms with Crippen LogP contribution in [0.4, 0.5) is 0 Å². The summed E-state index contributed by atoms with van der Waals surface area (Å²) in [6.07, 6.45) is 4.85. The van der Waals surface area contributed by atoms with Crippen LogP contribution in [0.2, 0.25) is 0 Å². The molecular weight excluding hydrogens is 376 g/mol. The summed E-state index contributed by atoms with van der Waals surface area (Å²) in [4.78, 5) is 37.0. The molecule has 0 spiro atoms. The molecule has 148 valence electrons. The molecule has 0 bridgehead atoms. The number of carbonyl (C=O) groups excluding carboxylic acids is 2. The SMILES string of the molecule is CC(C)C[C@H](NC(=O)CNC(=O)C1=CC=CN2CCS(=O)(=O)N=C12)C(=O)O. The van der Waals surface area contributed by atoms with Gasteiger partial charge >= 0.3 is 5.97 Å². The number of amidine groups is 1. The summed E-state index contributed by atoms with van der Waals surface area (Å²) in [5, 5.41) is 13.8. The van der Waals surface area contributed by atoms with Crippen molar-refractivity contribution < 1.29 is 27.9 Å². The van der Waals surface area contributed by atoms with Crippen LogP contribution in [0.5, 0.6) is 0 Å². The lowest BCUT2D eigenvalue weighted by molar-refractivity contribution is -0.142. The summed E-state index contributed by atoms with van der Waals surface area (Å²) in [5.41, 5.74) is 0.0190. The Morgan fingerprint density at radius 1 is 1.33 bits per heavy atom. The smallest absolute Gasteiger partial charge is 0.326 e. The third kappa shape index (κ3) is 5.64. The fourth-order valence-corrected chi connectivity index (χ4v) is 3.57. The highest BCUT2D eigenvalue weighted by molar-refractivity contribution is 7.90. The van der Waals surface area contributed by atoms with Crippen LogP contribution >= 0.6 is 0 Å². The summed E-state index contributed by atoms with van der Waals surface area (Å²) >= 11 is 0. The van der Waals surface area contributed by atoms with Gasteiger partial charge in [0.15, 0.2) is 5.84 Å². The van der Waals surface area contributed by atoms with Gasteiger partial charge < -0.3 is 20.6 Å². The molecule has 10 nitrogen and oxygen atoms in total. The van der Waals surface area contributed by atoms with E-state index < -0.39 is 40.4 Å². The predicted molar refractivity (Wildman–Crippen MR) is 97.2 cm³/mol. The van der Waals surface area contributed by atoms with E-state index in [1.807, 2.05) is 13.8 Å². The Kier molecular flexibility index (Phi) is 6.37. The van der Waals surface area contributed by atoms with Gasteiger partial charge in [-0.2, -0.15) is 0 Å². The molecule has 2 aliphatic rings. The van der Waals surface area contributed by atoms with E-state index in [0.29, 0.717) is 0 Å². The van der Waals surface area contributed by atoms with Crippen molar-refractivity contribution in [1.29, 1.82) is 0 Å². The number of hydrogen-bond acceptors (Lipinski definition) is 6. The lowest BCUT2D eigenvalue weighted by Gasteiger charge is -2.28. The molecule has 0 aromatic heterocycles. The van der Waals surface area contributed by atoms with Crippen LogP contribution in [0, 0.1) is 5.92 Å². The highest BCUT2D eigenvalue weighted by atomic mass is 32.2. The van der Waals surface area contributed by atoms with Gasteiger partial charge in [0.2, 0.25) is 5.91 Å². The molecule has 2 amide bonds. The molecule has 0 aromatic carbocycles. The van der Waals surface area contributed by atoms with E-state index in [1.165, 1.54) is 6.08 Å². The molecule has 1 atom stereocenters. The van der Waals surface area contributed by atoms with Crippen LogP contribution in [-0.2, 0) is 24.4 Å². The molecule has 27 heavy (non-hydrogen) atoms. The number of fused-ring (bicyclic) bond motifs is 1. The van der Waals surface area contributed by atoms with Crippen LogP contribution in [0.1, 0.15) is 20.3 Å². The number of nitrogens with one attached hydrogen (secondary N) is 2. The topological polar surface area (TPSA) is 145 Å². The van der Waals surface area contributed by atoms with E-state index in [9.17, 15) is 22.8 Å². The monoisotopic (exact) mass is 398 g/mol. The Bertz CT molecular complexity index is 828. The van der Waals surface area contributed by atoms with E-state index >= 15 is 0 Å². The third-order valence-electron chi connectivity index (χ3n) is 3.85. The van der Waals surface area contributed by atoms with E-state index in [4.69, 9.17) is 5.11 Å². The average molecular weight is 398 g/mol. The Hall–Kier alpha value is -2.69. The normalized spacial score (nSPS) is 18.9. The molecule has 0 unspecified atom stereocenters. The summed E-state index contributed by atoms with van der Waals surface area (Å²) in [6.45, 7) is 3.40. The van der Waals surface area contributed by atoms with Gasteiger partial charge in [-0.25, -0.2) is 13.2 Å². The van der Waals surface area contributed by atoms with Crippen LogP contribution in [0.3, 0.4) is 0 Å². The first-order chi connectivity index (χ1) is 12.6. The zero-order chi connectivity index (χ0) is 20.2. The first-order valence-corrected chi connectivity index (χ1v) is 9.98. The molecule has 11 heteroatoms. The maximum Gasteiger partial charge on any atom is 0.326 e. The molecule has 0 aromatic rings. The van der Waals surface area contributed by atoms with E-state index in [1.54, 1.807) is 17.2 Å². The van der Waals surface area contributed by atoms with Crippen LogP contribution < -0.4 is 10.6 Å². The molecular formula is C16H22N4O6S. The van der Waals surface area contributed by atoms with Gasteiger partial charge in [-0.15, -0.1) is 4.40 Å². The minimum absolute atomic E-state index is 0.00452. The van der Waals surface area contributed by atoms with Crippen LogP contribution in [0.15, 0.2) is 28.3 Å². The van der Waals surface area contributed by atoms with Crippen molar-refractivity contribution >= 4 is 33.6 Å². The predicted octanol–water partition coefficient (Wildman–Crippen LogP) is -0.784. The van der Waals surface area contributed by atoms with Gasteiger partial charge in [-0.1, -0.05) is 13.8 Å². The Labute approximate surface area is 157 Å². The fourth-order valence-electron chi connectivity index (χ4n) is 2.59. The second-order valence-electron chi connectivity index (χ2n) is 6.59. The first kappa shape index (κ1) is 20.6. The number of aliphatic carboxylic acids is 1. The summed E-state index contributed by atoms with van der Waals surface area (Å²) in [7, 11) is -3.64. The van der Waals surface area contributed by atoms with Crippen molar-refractivity contribution in [2.24, 2.45) is 10.3 Å². The second-order valence-corrected chi connectivity index (χ2v) is 8.34. The van der Waals surface area contributed by atoms with Gasteiger partial charge in [0, 0.05) is 12.7 Å². The maximum atomic E-state index is 12.4. The third-order valence-corrected chi connectivity index (χ3v) is 5.00. The quantitative estimate of drug-likeness (QED) is 0.510. The van der Waals surface area contributed by atoms with Crippen LogP contribution in [-0.4, -0.2) is 66.9 Å². The number of carbonyl (C=O) groups is 3. The number of allylic oxidation sites excluding steroid dienone is 2. The van der Waals surface area contributed by atoms with Crippen molar-refractivity contribution in [3.63, 3.8) is 0 Å². The molecule has 0 saturated carbocycles. The molecule has 2 aliphatic heterocycles. The second kappa shape index (κ2) is 8.33. The van der Waals surface area contributed by atoms with Gasteiger partial charge in [-0.05, 0) is 24.5 Å². The molecule has 2 rings (SSSR count). The zero-order valence-corrected chi connectivity index (χ0v) is 15.8. The fraction of sp³-hybridized carbons (Fsp3) is 0.500. The largest absolute Gasteiger partial charge is 0.480 e. The number of carboxylic acids is 1. The Balaban J connectivity index is 1.99. The number of rotatable bonds is 7. The summed E-state index contributed by atoms with van der Waals surface area (Å²) in [5.74, 6) is -2.56. The van der Waals surface area contributed by atoms with Crippen molar-refractivity contribution in [3.8, 4) is 0 Å². The molecule has 0 saturated heterocycles. The number of sulfonamides is 1. The number of hydrogen-bond donors (Lipinski definition) is 3. The van der Waals surface area contributed by atoms with E-state index in [0.717, 1.165) is 0 Å².